The second-order valence-electron chi connectivity index (χ2n) is 20.2. The van der Waals surface area contributed by atoms with Crippen LogP contribution in [0.1, 0.15) is 284 Å². The van der Waals surface area contributed by atoms with E-state index >= 15 is 0 Å². The van der Waals surface area contributed by atoms with Gasteiger partial charge in [-0.05, 0) is 103 Å². The van der Waals surface area contributed by atoms with Gasteiger partial charge in [-0.1, -0.05) is 271 Å². The molecule has 0 rings (SSSR count). The van der Waals surface area contributed by atoms with Gasteiger partial charge in [-0.2, -0.15) is 0 Å². The molecular weight excluding hydrogens is 913 g/mol. The average Bonchev–Trinajstić information content (AvgIpc) is 3.40. The van der Waals surface area contributed by atoms with Gasteiger partial charge in [0, 0.05) is 19.3 Å². The van der Waals surface area contributed by atoms with E-state index in [2.05, 4.69) is 130 Å². The molecule has 0 aromatic rings. The van der Waals surface area contributed by atoms with Crippen LogP contribution in [0.4, 0.5) is 0 Å². The number of hydrogen-bond acceptors (Lipinski definition) is 6. The molecule has 0 heterocycles. The smallest absolute Gasteiger partial charge is 0.306 e. The largest absolute Gasteiger partial charge is 0.462 e. The first-order valence-corrected chi connectivity index (χ1v) is 30.9. The Hall–Kier alpha value is -3.93. The lowest BCUT2D eigenvalue weighted by atomic mass is 10.0. The van der Waals surface area contributed by atoms with Gasteiger partial charge in [-0.3, -0.25) is 14.4 Å². The predicted octanol–water partition coefficient (Wildman–Crippen LogP) is 21.0. The average molecular weight is 1030 g/mol. The first-order valence-electron chi connectivity index (χ1n) is 30.9. The molecule has 0 aliphatic rings. The van der Waals surface area contributed by atoms with Gasteiger partial charge in [0.1, 0.15) is 13.2 Å². The third kappa shape index (κ3) is 59.0. The van der Waals surface area contributed by atoms with E-state index in [4.69, 9.17) is 14.2 Å². The van der Waals surface area contributed by atoms with Gasteiger partial charge < -0.3 is 14.2 Å². The van der Waals surface area contributed by atoms with E-state index in [1.165, 1.54) is 109 Å². The summed E-state index contributed by atoms with van der Waals surface area (Å²) in [6.07, 6.45) is 83.6. The summed E-state index contributed by atoms with van der Waals surface area (Å²) in [5.41, 5.74) is 0. The molecule has 0 spiro atoms. The van der Waals surface area contributed by atoms with E-state index in [1.54, 1.807) is 0 Å². The van der Waals surface area contributed by atoms with Crippen molar-refractivity contribution in [2.45, 2.75) is 290 Å². The molecule has 6 nitrogen and oxygen atoms in total. The van der Waals surface area contributed by atoms with E-state index in [0.29, 0.717) is 19.3 Å². The van der Waals surface area contributed by atoms with Crippen molar-refractivity contribution in [3.8, 4) is 0 Å². The SMILES string of the molecule is CC/C=C\C/C=C\C/C=C\C/C=C\C/C=C\CCCCCCCCCC(=O)OCC(COC(=O)CCCCCCCCCCCCCCCC)OC(=O)CCCCCCCC/C=C\C/C=C\C/C=C\C/C=C\CC. The molecular formula is C68H114O6. The normalized spacial score (nSPS) is 12.9. The van der Waals surface area contributed by atoms with Gasteiger partial charge in [0.2, 0.25) is 0 Å². The van der Waals surface area contributed by atoms with Gasteiger partial charge >= 0.3 is 17.9 Å². The van der Waals surface area contributed by atoms with Crippen LogP contribution in [0, 0.1) is 0 Å². The lowest BCUT2D eigenvalue weighted by molar-refractivity contribution is -0.167. The van der Waals surface area contributed by atoms with Crippen LogP contribution in [0.15, 0.2) is 109 Å². The molecule has 422 valence electrons. The summed E-state index contributed by atoms with van der Waals surface area (Å²) < 4.78 is 16.9. The van der Waals surface area contributed by atoms with E-state index < -0.39 is 6.10 Å². The number of rotatable bonds is 55. The predicted molar refractivity (Wildman–Crippen MR) is 320 cm³/mol. The number of allylic oxidation sites excluding steroid dienone is 18. The maximum atomic E-state index is 12.9. The highest BCUT2D eigenvalue weighted by molar-refractivity contribution is 5.71. The monoisotopic (exact) mass is 1030 g/mol. The van der Waals surface area contributed by atoms with Crippen molar-refractivity contribution in [1.82, 2.24) is 0 Å². The Labute approximate surface area is 457 Å². The minimum atomic E-state index is -0.792. The number of hydrogen-bond donors (Lipinski definition) is 0. The molecule has 0 fully saturated rings. The molecule has 0 aromatic heterocycles. The van der Waals surface area contributed by atoms with Crippen LogP contribution in [-0.2, 0) is 28.6 Å². The second-order valence-corrected chi connectivity index (χ2v) is 20.2. The molecule has 6 heteroatoms. The van der Waals surface area contributed by atoms with E-state index in [9.17, 15) is 14.4 Å². The van der Waals surface area contributed by atoms with Crippen molar-refractivity contribution in [3.63, 3.8) is 0 Å². The fourth-order valence-electron chi connectivity index (χ4n) is 8.46. The van der Waals surface area contributed by atoms with Crippen molar-refractivity contribution in [3.05, 3.63) is 109 Å². The Morgan fingerprint density at radius 1 is 0.284 bits per heavy atom. The van der Waals surface area contributed by atoms with E-state index in [-0.39, 0.29) is 31.1 Å². The Bertz CT molecular complexity index is 1510. The zero-order valence-corrected chi connectivity index (χ0v) is 48.3. The maximum absolute atomic E-state index is 12.9. The van der Waals surface area contributed by atoms with Crippen LogP contribution >= 0.6 is 0 Å². The quantitative estimate of drug-likeness (QED) is 0.0261. The molecule has 1 unspecified atom stereocenters. The van der Waals surface area contributed by atoms with Gasteiger partial charge in [0.05, 0.1) is 0 Å². The van der Waals surface area contributed by atoms with Gasteiger partial charge in [-0.15, -0.1) is 0 Å². The van der Waals surface area contributed by atoms with Crippen molar-refractivity contribution in [2.75, 3.05) is 13.2 Å². The first-order chi connectivity index (χ1) is 36.5. The molecule has 0 aliphatic heterocycles. The van der Waals surface area contributed by atoms with Crippen molar-refractivity contribution >= 4 is 17.9 Å². The van der Waals surface area contributed by atoms with Crippen molar-refractivity contribution in [1.29, 1.82) is 0 Å². The molecule has 74 heavy (non-hydrogen) atoms. The summed E-state index contributed by atoms with van der Waals surface area (Å²) in [4.78, 5) is 38.3. The van der Waals surface area contributed by atoms with Crippen LogP contribution in [0.25, 0.3) is 0 Å². The number of esters is 3. The van der Waals surface area contributed by atoms with Crippen LogP contribution in [-0.4, -0.2) is 37.2 Å². The van der Waals surface area contributed by atoms with Gasteiger partial charge in [-0.25, -0.2) is 0 Å². The Morgan fingerprint density at radius 3 is 0.824 bits per heavy atom. The Morgan fingerprint density at radius 2 is 0.527 bits per heavy atom. The summed E-state index contributed by atoms with van der Waals surface area (Å²) in [6.45, 7) is 6.41. The van der Waals surface area contributed by atoms with Crippen LogP contribution in [0.2, 0.25) is 0 Å². The minimum absolute atomic E-state index is 0.0865. The maximum Gasteiger partial charge on any atom is 0.306 e. The summed E-state index contributed by atoms with van der Waals surface area (Å²) in [5.74, 6) is -0.905. The summed E-state index contributed by atoms with van der Waals surface area (Å²) in [7, 11) is 0. The lowest BCUT2D eigenvalue weighted by Crippen LogP contribution is -2.30. The first kappa shape index (κ1) is 70.1. The zero-order chi connectivity index (χ0) is 53.6. The number of carbonyl (C=O) groups is 3. The molecule has 1 atom stereocenters. The third-order valence-corrected chi connectivity index (χ3v) is 13.0. The molecule has 0 radical (unpaired) electrons. The highest BCUT2D eigenvalue weighted by Gasteiger charge is 2.19. The second kappa shape index (κ2) is 61.6. The zero-order valence-electron chi connectivity index (χ0n) is 48.3. The highest BCUT2D eigenvalue weighted by Crippen LogP contribution is 2.16. The van der Waals surface area contributed by atoms with Crippen molar-refractivity contribution in [2.24, 2.45) is 0 Å². The summed E-state index contributed by atoms with van der Waals surface area (Å²) in [5, 5.41) is 0. The molecule has 0 saturated carbocycles. The standard InChI is InChI=1S/C68H114O6/c1-4-7-10-13-16-19-22-25-28-30-32-33-34-35-37-38-40-43-46-49-52-55-58-61-67(70)73-64-65(63-72-66(69)60-57-54-51-48-45-42-27-24-21-18-15-12-9-6-3)74-68(71)62-59-56-53-50-47-44-41-39-36-31-29-26-23-20-17-14-11-8-5-2/h7-8,10-11,16-17,19-20,25-26,28-29,32-33,35-37,39,65H,4-6,9,12-15,18,21-24,27,30-31,34,38,40-64H2,1-3H3/b10-7-,11-8-,19-16-,20-17-,28-25-,29-26-,33-32-,37-35-,39-36-. The fourth-order valence-corrected chi connectivity index (χ4v) is 8.46. The highest BCUT2D eigenvalue weighted by atomic mass is 16.6. The Balaban J connectivity index is 4.41. The lowest BCUT2D eigenvalue weighted by Gasteiger charge is -2.18. The van der Waals surface area contributed by atoms with E-state index in [1.807, 2.05) is 0 Å². The van der Waals surface area contributed by atoms with Crippen LogP contribution in [0.3, 0.4) is 0 Å². The summed E-state index contributed by atoms with van der Waals surface area (Å²) >= 11 is 0. The van der Waals surface area contributed by atoms with Gasteiger partial charge in [0.15, 0.2) is 6.10 Å². The molecule has 0 saturated heterocycles. The van der Waals surface area contributed by atoms with E-state index in [0.717, 1.165) is 135 Å². The molecule has 0 N–H and O–H groups in total. The topological polar surface area (TPSA) is 78.9 Å². The molecule has 0 aromatic carbocycles. The minimum Gasteiger partial charge on any atom is -0.462 e. The Kier molecular flexibility index (Phi) is 58.3. The number of unbranched alkanes of at least 4 members (excludes halogenated alkanes) is 26. The number of ether oxygens (including phenoxy) is 3. The summed E-state index contributed by atoms with van der Waals surface area (Å²) in [6, 6.07) is 0. The number of carbonyl (C=O) groups excluding carboxylic acids is 3. The molecule has 0 aliphatic carbocycles. The van der Waals surface area contributed by atoms with Crippen LogP contribution < -0.4 is 0 Å². The third-order valence-electron chi connectivity index (χ3n) is 13.0. The molecule has 0 bridgehead atoms. The van der Waals surface area contributed by atoms with Gasteiger partial charge in [0.25, 0.3) is 0 Å². The van der Waals surface area contributed by atoms with Crippen molar-refractivity contribution < 1.29 is 28.6 Å². The fraction of sp³-hybridized carbons (Fsp3) is 0.691. The molecule has 0 amide bonds. The van der Waals surface area contributed by atoms with Crippen LogP contribution in [0.5, 0.6) is 0 Å².